The number of aromatic hydroxyl groups is 1. The zero-order valence-electron chi connectivity index (χ0n) is 18.3. The molecule has 4 aromatic rings. The first kappa shape index (κ1) is 22.7. The number of aryl methyl sites for hydroxylation is 1. The van der Waals surface area contributed by atoms with Crippen LogP contribution in [0.1, 0.15) is 40.2 Å². The van der Waals surface area contributed by atoms with E-state index in [0.717, 1.165) is 16.5 Å². The van der Waals surface area contributed by atoms with Crippen molar-refractivity contribution in [3.8, 4) is 11.5 Å². The van der Waals surface area contributed by atoms with Gasteiger partial charge in [0.15, 0.2) is 16.9 Å². The number of fused-ring (bicyclic) bond motifs is 2. The Morgan fingerprint density at radius 2 is 1.79 bits per heavy atom. The van der Waals surface area contributed by atoms with Crippen LogP contribution in [0.2, 0.25) is 0 Å². The highest BCUT2D eigenvalue weighted by molar-refractivity contribution is 9.10. The highest BCUT2D eigenvalue weighted by Gasteiger charge is 2.44. The molecule has 1 aromatic heterocycles. The molecule has 0 fully saturated rings. The second-order valence-corrected chi connectivity index (χ2v) is 9.74. The number of ether oxygens (including phenoxy) is 1. The van der Waals surface area contributed by atoms with Crippen molar-refractivity contribution < 1.29 is 19.1 Å². The summed E-state index contributed by atoms with van der Waals surface area (Å²) in [7, 11) is 1.44. The second kappa shape index (κ2) is 8.60. The van der Waals surface area contributed by atoms with E-state index in [1.165, 1.54) is 7.11 Å². The lowest BCUT2D eigenvalue weighted by Crippen LogP contribution is -2.29. The summed E-state index contributed by atoms with van der Waals surface area (Å²) >= 11 is 6.77. The third-order valence-corrected chi connectivity index (χ3v) is 7.14. The summed E-state index contributed by atoms with van der Waals surface area (Å²) in [4.78, 5) is 29.0. The Morgan fingerprint density at radius 3 is 2.47 bits per heavy atom. The molecule has 0 saturated carbocycles. The first-order valence-corrected chi connectivity index (χ1v) is 12.2. The number of hydrogen-bond acceptors (Lipinski definition) is 5. The summed E-state index contributed by atoms with van der Waals surface area (Å²) in [6.07, 6.45) is 0.861. The molecule has 0 radical (unpaired) electrons. The summed E-state index contributed by atoms with van der Waals surface area (Å²) in [6.45, 7) is 2.06. The number of carbonyl (C=O) groups is 1. The van der Waals surface area contributed by atoms with Gasteiger partial charge in [-0.2, -0.15) is 0 Å². The molecule has 172 valence electrons. The van der Waals surface area contributed by atoms with Crippen LogP contribution in [0.5, 0.6) is 11.5 Å². The van der Waals surface area contributed by atoms with Crippen LogP contribution in [0.25, 0.3) is 11.0 Å². The molecule has 1 aliphatic rings. The minimum absolute atomic E-state index is 0.00700. The minimum Gasteiger partial charge on any atom is -0.503 e. The number of benzene rings is 3. The van der Waals surface area contributed by atoms with Crippen LogP contribution in [-0.4, -0.2) is 18.1 Å². The van der Waals surface area contributed by atoms with Gasteiger partial charge in [-0.15, -0.1) is 0 Å². The van der Waals surface area contributed by atoms with Gasteiger partial charge in [-0.1, -0.05) is 35.0 Å². The topological polar surface area (TPSA) is 80.0 Å². The fraction of sp³-hybridized carbons (Fsp3) is 0.154. The van der Waals surface area contributed by atoms with Crippen LogP contribution in [0.15, 0.2) is 72.8 Å². The van der Waals surface area contributed by atoms with Crippen molar-refractivity contribution in [3.05, 3.63) is 96.2 Å². The molecule has 6 nitrogen and oxygen atoms in total. The Kier molecular flexibility index (Phi) is 5.73. The Bertz CT molecular complexity index is 1510. The number of anilines is 1. The van der Waals surface area contributed by atoms with Crippen LogP contribution in [-0.2, 0) is 6.42 Å². The van der Waals surface area contributed by atoms with E-state index in [1.54, 1.807) is 35.2 Å². The van der Waals surface area contributed by atoms with Gasteiger partial charge in [0.1, 0.15) is 5.58 Å². The highest BCUT2D eigenvalue weighted by atomic mass is 79.9. The van der Waals surface area contributed by atoms with E-state index in [4.69, 9.17) is 9.15 Å². The Labute approximate surface area is 212 Å². The predicted molar refractivity (Wildman–Crippen MR) is 137 cm³/mol. The molecular weight excluding hydrogens is 566 g/mol. The van der Waals surface area contributed by atoms with E-state index in [1.807, 2.05) is 24.3 Å². The molecular formula is C26H19Br2NO5. The zero-order valence-corrected chi connectivity index (χ0v) is 21.4. The number of phenolic OH excluding ortho intramolecular Hbond substituents is 1. The van der Waals surface area contributed by atoms with Gasteiger partial charge in [0.05, 0.1) is 28.6 Å². The van der Waals surface area contributed by atoms with E-state index in [9.17, 15) is 14.7 Å². The fourth-order valence-electron chi connectivity index (χ4n) is 4.33. The quantitative estimate of drug-likeness (QED) is 0.302. The van der Waals surface area contributed by atoms with E-state index >= 15 is 0 Å². The smallest absolute Gasteiger partial charge is 0.295 e. The molecule has 0 spiro atoms. The molecule has 2 heterocycles. The maximum atomic E-state index is 13.7. The SMILES string of the molecule is CCc1ccc(N2C(=O)c3oc4ccc(Br)cc4c(=O)c3C2c2cc(Br)c(O)c(OC)c2)cc1. The van der Waals surface area contributed by atoms with Crippen molar-refractivity contribution in [2.24, 2.45) is 0 Å². The number of phenols is 1. The van der Waals surface area contributed by atoms with E-state index in [2.05, 4.69) is 38.8 Å². The molecule has 1 unspecified atom stereocenters. The van der Waals surface area contributed by atoms with Gasteiger partial charge >= 0.3 is 0 Å². The molecule has 8 heteroatoms. The largest absolute Gasteiger partial charge is 0.503 e. The van der Waals surface area contributed by atoms with Crippen LogP contribution in [0.4, 0.5) is 5.69 Å². The van der Waals surface area contributed by atoms with Crippen molar-refractivity contribution in [1.82, 2.24) is 0 Å². The van der Waals surface area contributed by atoms with Crippen molar-refractivity contribution in [2.75, 3.05) is 12.0 Å². The third kappa shape index (κ3) is 3.52. The standard InChI is InChI=1S/C26H19Br2NO5/c1-3-13-4-7-16(8-5-13)29-22(14-10-18(28)24(31)20(11-14)33-2)21-23(30)17-12-15(27)6-9-19(17)34-25(21)26(29)32/h4-12,22,31H,3H2,1-2H3. The number of carbonyl (C=O) groups excluding carboxylic acids is 1. The Morgan fingerprint density at radius 1 is 1.06 bits per heavy atom. The average molecular weight is 585 g/mol. The monoisotopic (exact) mass is 583 g/mol. The molecule has 34 heavy (non-hydrogen) atoms. The molecule has 1 atom stereocenters. The van der Waals surface area contributed by atoms with Crippen LogP contribution < -0.4 is 15.1 Å². The van der Waals surface area contributed by atoms with Gasteiger partial charge < -0.3 is 14.3 Å². The zero-order chi connectivity index (χ0) is 24.1. The minimum atomic E-state index is -0.777. The number of nitrogens with zero attached hydrogens (tertiary/aromatic N) is 1. The number of hydrogen-bond donors (Lipinski definition) is 1. The lowest BCUT2D eigenvalue weighted by atomic mass is 9.97. The van der Waals surface area contributed by atoms with E-state index in [-0.39, 0.29) is 28.3 Å². The number of halogens is 2. The van der Waals surface area contributed by atoms with E-state index in [0.29, 0.717) is 26.7 Å². The predicted octanol–water partition coefficient (Wildman–Crippen LogP) is 6.34. The molecule has 1 amide bonds. The first-order valence-electron chi connectivity index (χ1n) is 10.6. The normalized spacial score (nSPS) is 15.1. The van der Waals surface area contributed by atoms with Crippen LogP contribution in [0.3, 0.4) is 0 Å². The Hall–Kier alpha value is -3.10. The molecule has 0 aliphatic carbocycles. The Balaban J connectivity index is 1.82. The second-order valence-electron chi connectivity index (χ2n) is 7.97. The van der Waals surface area contributed by atoms with Gasteiger partial charge in [0.2, 0.25) is 5.76 Å². The maximum Gasteiger partial charge on any atom is 0.295 e. The van der Waals surface area contributed by atoms with E-state index < -0.39 is 11.9 Å². The van der Waals surface area contributed by atoms with Crippen molar-refractivity contribution >= 4 is 54.4 Å². The summed E-state index contributed by atoms with van der Waals surface area (Å²) in [5, 5.41) is 10.7. The van der Waals surface area contributed by atoms with Gasteiger partial charge in [0.25, 0.3) is 5.91 Å². The van der Waals surface area contributed by atoms with Crippen molar-refractivity contribution in [2.45, 2.75) is 19.4 Å². The van der Waals surface area contributed by atoms with Crippen LogP contribution >= 0.6 is 31.9 Å². The van der Waals surface area contributed by atoms with Crippen molar-refractivity contribution in [3.63, 3.8) is 0 Å². The van der Waals surface area contributed by atoms with Crippen molar-refractivity contribution in [1.29, 1.82) is 0 Å². The third-order valence-electron chi connectivity index (χ3n) is 6.04. The number of amides is 1. The first-order chi connectivity index (χ1) is 16.3. The lowest BCUT2D eigenvalue weighted by molar-refractivity contribution is 0.0971. The lowest BCUT2D eigenvalue weighted by Gasteiger charge is -2.26. The van der Waals surface area contributed by atoms with Gasteiger partial charge in [0, 0.05) is 10.2 Å². The van der Waals surface area contributed by atoms with Gasteiger partial charge in [-0.05, 0) is 75.9 Å². The summed E-state index contributed by atoms with van der Waals surface area (Å²) in [6, 6.07) is 15.3. The number of rotatable bonds is 4. The fourth-order valence-corrected chi connectivity index (χ4v) is 5.15. The molecule has 1 N–H and O–H groups in total. The van der Waals surface area contributed by atoms with Gasteiger partial charge in [-0.25, -0.2) is 0 Å². The molecule has 0 bridgehead atoms. The average Bonchev–Trinajstić information content (AvgIpc) is 3.13. The molecule has 5 rings (SSSR count). The number of methoxy groups -OCH3 is 1. The van der Waals surface area contributed by atoms with Gasteiger partial charge in [-0.3, -0.25) is 14.5 Å². The summed E-state index contributed by atoms with van der Waals surface area (Å²) in [5.41, 5.74) is 2.65. The van der Waals surface area contributed by atoms with Crippen LogP contribution in [0, 0.1) is 0 Å². The molecule has 0 saturated heterocycles. The molecule has 1 aliphatic heterocycles. The maximum absolute atomic E-state index is 13.7. The molecule has 3 aromatic carbocycles. The summed E-state index contributed by atoms with van der Waals surface area (Å²) < 4.78 is 12.5. The summed E-state index contributed by atoms with van der Waals surface area (Å²) in [5.74, 6) is -0.245. The highest BCUT2D eigenvalue weighted by Crippen LogP contribution is 2.45.